The lowest BCUT2D eigenvalue weighted by atomic mass is 9.73. The van der Waals surface area contributed by atoms with E-state index in [1.165, 1.54) is 0 Å². The van der Waals surface area contributed by atoms with Crippen LogP contribution in [0.3, 0.4) is 0 Å². The van der Waals surface area contributed by atoms with E-state index in [4.69, 9.17) is 14.2 Å². The molecule has 0 aliphatic rings. The fourth-order valence-corrected chi connectivity index (χ4v) is 2.92. The van der Waals surface area contributed by atoms with Crippen molar-refractivity contribution in [1.82, 2.24) is 0 Å². The van der Waals surface area contributed by atoms with Crippen LogP contribution in [0.1, 0.15) is 73.1 Å². The van der Waals surface area contributed by atoms with Crippen LogP contribution in [-0.2, 0) is 19.0 Å². The van der Waals surface area contributed by atoms with Gasteiger partial charge in [0, 0.05) is 0 Å². The van der Waals surface area contributed by atoms with Gasteiger partial charge in [-0.15, -0.1) is 0 Å². The van der Waals surface area contributed by atoms with Gasteiger partial charge in [-0.25, -0.2) is 4.79 Å². The Labute approximate surface area is 141 Å². The monoisotopic (exact) mass is 330 g/mol. The summed E-state index contributed by atoms with van der Waals surface area (Å²) in [6.07, 6.45) is 4.30. The molecule has 0 radical (unpaired) electrons. The molecule has 0 aromatic carbocycles. The van der Waals surface area contributed by atoms with Crippen molar-refractivity contribution < 1.29 is 23.8 Å². The molecular weight excluding hydrogens is 296 g/mol. The van der Waals surface area contributed by atoms with E-state index in [1.54, 1.807) is 6.92 Å². The summed E-state index contributed by atoms with van der Waals surface area (Å²) in [5.74, 6) is 0.292. The second-order valence-electron chi connectivity index (χ2n) is 6.34. The molecule has 23 heavy (non-hydrogen) atoms. The van der Waals surface area contributed by atoms with Crippen LogP contribution in [0.4, 0.5) is 4.79 Å². The Morgan fingerprint density at radius 3 is 2.04 bits per heavy atom. The third-order valence-electron chi connectivity index (χ3n) is 3.80. The van der Waals surface area contributed by atoms with Crippen LogP contribution in [0.15, 0.2) is 0 Å². The van der Waals surface area contributed by atoms with Crippen LogP contribution in [0.2, 0.25) is 0 Å². The van der Waals surface area contributed by atoms with Crippen molar-refractivity contribution in [3.05, 3.63) is 0 Å². The van der Waals surface area contributed by atoms with Gasteiger partial charge in [-0.2, -0.15) is 0 Å². The van der Waals surface area contributed by atoms with Gasteiger partial charge in [0.1, 0.15) is 0 Å². The number of hydrogen-bond donors (Lipinski definition) is 0. The summed E-state index contributed by atoms with van der Waals surface area (Å²) >= 11 is 0. The first-order chi connectivity index (χ1) is 10.9. The number of esters is 1. The Morgan fingerprint density at radius 2 is 1.52 bits per heavy atom. The number of carbonyl (C=O) groups excluding carboxylic acids is 2. The zero-order valence-corrected chi connectivity index (χ0v) is 15.5. The predicted molar refractivity (Wildman–Crippen MR) is 90.3 cm³/mol. The minimum absolute atomic E-state index is 0.113. The molecule has 0 amide bonds. The number of carbonyl (C=O) groups is 2. The van der Waals surface area contributed by atoms with Gasteiger partial charge < -0.3 is 14.2 Å². The molecule has 0 N–H and O–H groups in total. The van der Waals surface area contributed by atoms with Crippen molar-refractivity contribution in [1.29, 1.82) is 0 Å². The molecule has 0 bridgehead atoms. The standard InChI is InChI=1S/C18H34O5/c1-6-9-11-18(14-15(4)5,16(19)21-7-2)12-10-13-23-17(20)22-8-3/h15H,6-14H2,1-5H3. The zero-order chi connectivity index (χ0) is 17.7. The van der Waals surface area contributed by atoms with Crippen molar-refractivity contribution in [3.8, 4) is 0 Å². The van der Waals surface area contributed by atoms with Crippen LogP contribution in [0.25, 0.3) is 0 Å². The van der Waals surface area contributed by atoms with E-state index in [2.05, 4.69) is 20.8 Å². The van der Waals surface area contributed by atoms with E-state index in [-0.39, 0.29) is 12.6 Å². The van der Waals surface area contributed by atoms with E-state index < -0.39 is 11.6 Å². The maximum absolute atomic E-state index is 12.6. The molecule has 0 heterocycles. The second-order valence-corrected chi connectivity index (χ2v) is 6.34. The van der Waals surface area contributed by atoms with Gasteiger partial charge in [0.25, 0.3) is 0 Å². The summed E-state index contributed by atoms with van der Waals surface area (Å²) in [6.45, 7) is 10.9. The van der Waals surface area contributed by atoms with Crippen molar-refractivity contribution in [2.75, 3.05) is 19.8 Å². The van der Waals surface area contributed by atoms with E-state index in [1.807, 2.05) is 6.92 Å². The lowest BCUT2D eigenvalue weighted by Gasteiger charge is -2.33. The highest BCUT2D eigenvalue weighted by atomic mass is 16.7. The van der Waals surface area contributed by atoms with E-state index >= 15 is 0 Å². The van der Waals surface area contributed by atoms with Gasteiger partial charge in [-0.05, 0) is 45.4 Å². The molecule has 136 valence electrons. The molecule has 0 aliphatic heterocycles. The average Bonchev–Trinajstić information content (AvgIpc) is 2.49. The summed E-state index contributed by atoms with van der Waals surface area (Å²) in [7, 11) is 0. The smallest absolute Gasteiger partial charge is 0.466 e. The van der Waals surface area contributed by atoms with E-state index in [0.717, 1.165) is 25.7 Å². The molecule has 1 atom stereocenters. The summed E-state index contributed by atoms with van der Waals surface area (Å²) in [5.41, 5.74) is -0.474. The topological polar surface area (TPSA) is 61.8 Å². The quantitative estimate of drug-likeness (QED) is 0.382. The zero-order valence-electron chi connectivity index (χ0n) is 15.5. The lowest BCUT2D eigenvalue weighted by Crippen LogP contribution is -2.35. The SMILES string of the molecule is CCCCC(CCCOC(=O)OCC)(CC(C)C)C(=O)OCC. The van der Waals surface area contributed by atoms with Crippen molar-refractivity contribution >= 4 is 12.1 Å². The van der Waals surface area contributed by atoms with Crippen LogP contribution in [-0.4, -0.2) is 31.9 Å². The average molecular weight is 330 g/mol. The van der Waals surface area contributed by atoms with Gasteiger partial charge in [0.15, 0.2) is 0 Å². The molecule has 0 saturated carbocycles. The highest BCUT2D eigenvalue weighted by Gasteiger charge is 2.39. The molecule has 0 fully saturated rings. The van der Waals surface area contributed by atoms with Crippen LogP contribution < -0.4 is 0 Å². The summed E-state index contributed by atoms with van der Waals surface area (Å²) in [6, 6.07) is 0. The first-order valence-electron chi connectivity index (χ1n) is 8.88. The second kappa shape index (κ2) is 12.2. The molecule has 1 unspecified atom stereocenters. The fraction of sp³-hybridized carbons (Fsp3) is 0.889. The molecule has 0 rings (SSSR count). The maximum Gasteiger partial charge on any atom is 0.508 e. The highest BCUT2D eigenvalue weighted by molar-refractivity contribution is 5.76. The van der Waals surface area contributed by atoms with Gasteiger partial charge >= 0.3 is 12.1 Å². The van der Waals surface area contributed by atoms with Gasteiger partial charge in [-0.1, -0.05) is 33.6 Å². The molecule has 0 saturated heterocycles. The number of unbranched alkanes of at least 4 members (excludes halogenated alkanes) is 1. The normalized spacial score (nSPS) is 13.5. The molecule has 0 aliphatic carbocycles. The van der Waals surface area contributed by atoms with Gasteiger partial charge in [0.05, 0.1) is 25.2 Å². The maximum atomic E-state index is 12.6. The summed E-state index contributed by atoms with van der Waals surface area (Å²) < 4.78 is 15.1. The summed E-state index contributed by atoms with van der Waals surface area (Å²) in [5, 5.41) is 0. The third-order valence-corrected chi connectivity index (χ3v) is 3.80. The number of rotatable bonds is 12. The third kappa shape index (κ3) is 8.82. The van der Waals surface area contributed by atoms with Crippen LogP contribution in [0.5, 0.6) is 0 Å². The van der Waals surface area contributed by atoms with Crippen LogP contribution >= 0.6 is 0 Å². The molecular formula is C18H34O5. The van der Waals surface area contributed by atoms with Crippen molar-refractivity contribution in [2.24, 2.45) is 11.3 Å². The molecule has 5 heteroatoms. The van der Waals surface area contributed by atoms with Gasteiger partial charge in [0.2, 0.25) is 0 Å². The molecule has 0 aromatic rings. The van der Waals surface area contributed by atoms with E-state index in [0.29, 0.717) is 32.0 Å². The Balaban J connectivity index is 4.78. The summed E-state index contributed by atoms with van der Waals surface area (Å²) in [4.78, 5) is 23.8. The Kier molecular flexibility index (Phi) is 11.5. The molecule has 0 aromatic heterocycles. The number of hydrogen-bond acceptors (Lipinski definition) is 5. The van der Waals surface area contributed by atoms with Crippen molar-refractivity contribution in [3.63, 3.8) is 0 Å². The predicted octanol–water partition coefficient (Wildman–Crippen LogP) is 4.73. The van der Waals surface area contributed by atoms with E-state index in [9.17, 15) is 9.59 Å². The molecule has 5 nitrogen and oxygen atoms in total. The highest BCUT2D eigenvalue weighted by Crippen LogP contribution is 2.38. The minimum Gasteiger partial charge on any atom is -0.466 e. The van der Waals surface area contributed by atoms with Gasteiger partial charge in [-0.3, -0.25) is 4.79 Å². The first kappa shape index (κ1) is 21.7. The van der Waals surface area contributed by atoms with Crippen LogP contribution in [0, 0.1) is 11.3 Å². The first-order valence-corrected chi connectivity index (χ1v) is 8.88. The van der Waals surface area contributed by atoms with Crippen molar-refractivity contribution in [2.45, 2.75) is 73.1 Å². The largest absolute Gasteiger partial charge is 0.508 e. The molecule has 0 spiro atoms. The fourth-order valence-electron chi connectivity index (χ4n) is 2.92. The Bertz CT molecular complexity index is 340. The number of ether oxygens (including phenoxy) is 3. The Hall–Kier alpha value is -1.26. The lowest BCUT2D eigenvalue weighted by molar-refractivity contribution is -0.158. The Morgan fingerprint density at radius 1 is 0.913 bits per heavy atom. The minimum atomic E-state index is -0.647.